The molecule has 2 amide bonds. The van der Waals surface area contributed by atoms with Crippen LogP contribution in [-0.4, -0.2) is 43.0 Å². The van der Waals surface area contributed by atoms with E-state index in [0.29, 0.717) is 5.70 Å². The molecule has 1 atom stereocenters. The third kappa shape index (κ3) is 4.87. The number of carbonyl (C=O) groups excluding carboxylic acids is 4. The van der Waals surface area contributed by atoms with E-state index in [1.165, 1.54) is 0 Å². The molecule has 0 radical (unpaired) electrons. The van der Waals surface area contributed by atoms with Gasteiger partial charge in [-0.05, 0) is 20.8 Å². The molecule has 122 valence electrons. The van der Waals surface area contributed by atoms with Gasteiger partial charge in [-0.2, -0.15) is 0 Å². The molecule has 1 rings (SSSR count). The molecule has 0 spiro atoms. The van der Waals surface area contributed by atoms with Crippen molar-refractivity contribution < 1.29 is 28.7 Å². The first kappa shape index (κ1) is 17.7. The van der Waals surface area contributed by atoms with Crippen molar-refractivity contribution in [3.63, 3.8) is 0 Å². The molecular formula is C14H20N2O6. The summed E-state index contributed by atoms with van der Waals surface area (Å²) in [5, 5.41) is 4.95. The maximum atomic E-state index is 12.0. The van der Waals surface area contributed by atoms with E-state index in [-0.39, 0.29) is 25.2 Å². The lowest BCUT2D eigenvalue weighted by Crippen LogP contribution is -2.50. The summed E-state index contributed by atoms with van der Waals surface area (Å²) in [5.41, 5.74) is 0.509. The fraction of sp³-hybridized carbons (Fsp3) is 0.571. The molecule has 1 unspecified atom stereocenters. The summed E-state index contributed by atoms with van der Waals surface area (Å²) in [4.78, 5) is 46.6. The highest BCUT2D eigenvalue weighted by Gasteiger charge is 2.32. The largest absolute Gasteiger partial charge is 0.466 e. The minimum atomic E-state index is -0.824. The maximum absolute atomic E-state index is 12.0. The second-order valence-corrected chi connectivity index (χ2v) is 4.63. The van der Waals surface area contributed by atoms with Crippen molar-refractivity contribution in [2.24, 2.45) is 0 Å². The van der Waals surface area contributed by atoms with Crippen LogP contribution in [0.15, 0.2) is 11.3 Å². The average molecular weight is 312 g/mol. The number of Topliss-reactive ketones (excluding diaryl/α,β-unsaturated/α-hetero) is 1. The monoisotopic (exact) mass is 312 g/mol. The standard InChI is InChI=1S/C14H20N2O6/c1-4-21-11(18)7-9(17)6-10-12(13(19)22-5-2)8(3)15-14(20)16-10/h10H,4-7H2,1-3H3,(H2,15,16,20). The van der Waals surface area contributed by atoms with E-state index in [1.807, 2.05) is 0 Å². The molecular weight excluding hydrogens is 292 g/mol. The smallest absolute Gasteiger partial charge is 0.337 e. The topological polar surface area (TPSA) is 111 Å². The molecule has 8 heteroatoms. The summed E-state index contributed by atoms with van der Waals surface area (Å²) >= 11 is 0. The Kier molecular flexibility index (Phi) is 6.55. The van der Waals surface area contributed by atoms with Crippen molar-refractivity contribution in [3.8, 4) is 0 Å². The molecule has 22 heavy (non-hydrogen) atoms. The number of allylic oxidation sites excluding steroid dienone is 1. The van der Waals surface area contributed by atoms with Crippen LogP contribution in [0.2, 0.25) is 0 Å². The van der Waals surface area contributed by atoms with Crippen molar-refractivity contribution in [1.82, 2.24) is 10.6 Å². The molecule has 0 saturated heterocycles. The van der Waals surface area contributed by atoms with Gasteiger partial charge >= 0.3 is 18.0 Å². The first-order valence-electron chi connectivity index (χ1n) is 7.01. The number of ketones is 1. The van der Waals surface area contributed by atoms with Gasteiger partial charge in [0.1, 0.15) is 12.2 Å². The number of esters is 2. The maximum Gasteiger partial charge on any atom is 0.337 e. The second-order valence-electron chi connectivity index (χ2n) is 4.63. The molecule has 1 aliphatic heterocycles. The van der Waals surface area contributed by atoms with Gasteiger partial charge in [-0.25, -0.2) is 9.59 Å². The molecule has 0 bridgehead atoms. The molecule has 0 aromatic rings. The van der Waals surface area contributed by atoms with Crippen molar-refractivity contribution >= 4 is 23.8 Å². The van der Waals surface area contributed by atoms with Gasteiger partial charge in [0.2, 0.25) is 0 Å². The quantitative estimate of drug-likeness (QED) is 0.520. The summed E-state index contributed by atoms with van der Waals surface area (Å²) < 4.78 is 9.62. The van der Waals surface area contributed by atoms with Gasteiger partial charge in [-0.3, -0.25) is 9.59 Å². The molecule has 0 aliphatic carbocycles. The average Bonchev–Trinajstić information content (AvgIpc) is 2.37. The van der Waals surface area contributed by atoms with Gasteiger partial charge in [-0.15, -0.1) is 0 Å². The van der Waals surface area contributed by atoms with Gasteiger partial charge in [0.25, 0.3) is 0 Å². The van der Waals surface area contributed by atoms with Gasteiger partial charge in [-0.1, -0.05) is 0 Å². The Labute approximate surface area is 128 Å². The normalized spacial score (nSPS) is 17.4. The lowest BCUT2D eigenvalue weighted by Gasteiger charge is -2.27. The fourth-order valence-corrected chi connectivity index (χ4v) is 2.10. The molecule has 0 fully saturated rings. The van der Waals surface area contributed by atoms with Crippen LogP contribution in [0, 0.1) is 0 Å². The number of amides is 2. The van der Waals surface area contributed by atoms with Crippen molar-refractivity contribution in [2.45, 2.75) is 39.7 Å². The first-order valence-corrected chi connectivity index (χ1v) is 7.01. The summed E-state index contributed by atoms with van der Waals surface area (Å²) in [7, 11) is 0. The molecule has 8 nitrogen and oxygen atoms in total. The first-order chi connectivity index (χ1) is 10.4. The molecule has 0 aromatic carbocycles. The Morgan fingerprint density at radius 3 is 2.36 bits per heavy atom. The van der Waals surface area contributed by atoms with E-state index in [2.05, 4.69) is 10.6 Å². The van der Waals surface area contributed by atoms with E-state index >= 15 is 0 Å². The zero-order chi connectivity index (χ0) is 16.7. The highest BCUT2D eigenvalue weighted by atomic mass is 16.5. The minimum Gasteiger partial charge on any atom is -0.466 e. The van der Waals surface area contributed by atoms with Crippen LogP contribution in [0.1, 0.15) is 33.6 Å². The van der Waals surface area contributed by atoms with Crippen LogP contribution in [0.3, 0.4) is 0 Å². The van der Waals surface area contributed by atoms with Crippen LogP contribution >= 0.6 is 0 Å². The Morgan fingerprint density at radius 2 is 1.77 bits per heavy atom. The van der Waals surface area contributed by atoms with Crippen LogP contribution < -0.4 is 10.6 Å². The molecule has 2 N–H and O–H groups in total. The van der Waals surface area contributed by atoms with Crippen LogP contribution in [0.4, 0.5) is 4.79 Å². The summed E-state index contributed by atoms with van der Waals surface area (Å²) in [5.74, 6) is -1.67. The highest BCUT2D eigenvalue weighted by molar-refractivity contribution is 5.99. The van der Waals surface area contributed by atoms with E-state index < -0.39 is 36.2 Å². The number of hydrogen-bond acceptors (Lipinski definition) is 6. The summed E-state index contributed by atoms with van der Waals surface area (Å²) in [6.45, 7) is 5.20. The highest BCUT2D eigenvalue weighted by Crippen LogP contribution is 2.17. The Bertz CT molecular complexity index is 511. The number of nitrogens with one attached hydrogen (secondary N) is 2. The second kappa shape index (κ2) is 8.16. The molecule has 1 aliphatic rings. The Balaban J connectivity index is 2.82. The molecule has 0 saturated carbocycles. The minimum absolute atomic E-state index is 0.174. The predicted octanol–water partition coefficient (Wildman–Crippen LogP) is 0.417. The van der Waals surface area contributed by atoms with Gasteiger partial charge < -0.3 is 20.1 Å². The van der Waals surface area contributed by atoms with E-state index in [1.54, 1.807) is 20.8 Å². The van der Waals surface area contributed by atoms with E-state index in [4.69, 9.17) is 9.47 Å². The molecule has 0 aromatic heterocycles. The fourth-order valence-electron chi connectivity index (χ4n) is 2.10. The van der Waals surface area contributed by atoms with Crippen molar-refractivity contribution in [2.75, 3.05) is 13.2 Å². The van der Waals surface area contributed by atoms with Crippen molar-refractivity contribution in [1.29, 1.82) is 0 Å². The summed E-state index contributed by atoms with van der Waals surface area (Å²) in [6.07, 6.45) is -0.583. The number of hydrogen-bond donors (Lipinski definition) is 2. The van der Waals surface area contributed by atoms with Crippen LogP contribution in [-0.2, 0) is 23.9 Å². The number of urea groups is 1. The van der Waals surface area contributed by atoms with Crippen LogP contribution in [0.5, 0.6) is 0 Å². The number of ether oxygens (including phenoxy) is 2. The summed E-state index contributed by atoms with van der Waals surface area (Å²) in [6, 6.07) is -1.34. The Hall–Kier alpha value is -2.38. The van der Waals surface area contributed by atoms with Crippen LogP contribution in [0.25, 0.3) is 0 Å². The third-order valence-corrected chi connectivity index (χ3v) is 2.93. The Morgan fingerprint density at radius 1 is 1.14 bits per heavy atom. The third-order valence-electron chi connectivity index (χ3n) is 2.93. The van der Waals surface area contributed by atoms with Gasteiger partial charge in [0.05, 0.1) is 24.8 Å². The SMILES string of the molecule is CCOC(=O)CC(=O)CC1NC(=O)NC(C)=C1C(=O)OCC. The van der Waals surface area contributed by atoms with E-state index in [0.717, 1.165) is 0 Å². The van der Waals surface area contributed by atoms with Gasteiger partial charge in [0.15, 0.2) is 0 Å². The molecule has 1 heterocycles. The lowest BCUT2D eigenvalue weighted by atomic mass is 9.97. The van der Waals surface area contributed by atoms with Gasteiger partial charge in [0, 0.05) is 12.1 Å². The number of carbonyl (C=O) groups is 4. The zero-order valence-electron chi connectivity index (χ0n) is 12.9. The predicted molar refractivity (Wildman–Crippen MR) is 75.7 cm³/mol. The van der Waals surface area contributed by atoms with Crippen molar-refractivity contribution in [3.05, 3.63) is 11.3 Å². The van der Waals surface area contributed by atoms with E-state index in [9.17, 15) is 19.2 Å². The zero-order valence-corrected chi connectivity index (χ0v) is 12.9. The number of rotatable bonds is 7. The lowest BCUT2D eigenvalue weighted by molar-refractivity contribution is -0.145.